The second-order valence-corrected chi connectivity index (χ2v) is 4.84. The zero-order chi connectivity index (χ0) is 11.5. The number of aryl methyl sites for hydroxylation is 1. The standard InChI is InChI=1S/C14H19NO/c1-10-4-3-5-12(6-10)7-14(16)11(2)13-8-15-9-13/h3-6,11,13,15H,7-9H2,1-2H3. The van der Waals surface area contributed by atoms with Crippen molar-refractivity contribution in [3.8, 4) is 0 Å². The predicted molar refractivity (Wildman–Crippen MR) is 65.4 cm³/mol. The summed E-state index contributed by atoms with van der Waals surface area (Å²) in [6.45, 7) is 6.12. The molecule has 1 aromatic rings. The SMILES string of the molecule is Cc1cccc(CC(=O)C(C)C2CNC2)c1. The van der Waals surface area contributed by atoms with Crippen LogP contribution in [0.15, 0.2) is 24.3 Å². The molecule has 1 unspecified atom stereocenters. The van der Waals surface area contributed by atoms with Crippen LogP contribution in [0.4, 0.5) is 0 Å². The van der Waals surface area contributed by atoms with Crippen molar-refractivity contribution in [2.24, 2.45) is 11.8 Å². The van der Waals surface area contributed by atoms with Gasteiger partial charge in [-0.25, -0.2) is 0 Å². The van der Waals surface area contributed by atoms with Gasteiger partial charge in [0.25, 0.3) is 0 Å². The van der Waals surface area contributed by atoms with E-state index in [9.17, 15) is 4.79 Å². The van der Waals surface area contributed by atoms with E-state index >= 15 is 0 Å². The van der Waals surface area contributed by atoms with Gasteiger partial charge in [0, 0.05) is 12.3 Å². The van der Waals surface area contributed by atoms with Crippen molar-refractivity contribution in [1.29, 1.82) is 0 Å². The highest BCUT2D eigenvalue weighted by Crippen LogP contribution is 2.19. The molecule has 1 N–H and O–H groups in total. The van der Waals surface area contributed by atoms with E-state index < -0.39 is 0 Å². The summed E-state index contributed by atoms with van der Waals surface area (Å²) in [5, 5.41) is 3.22. The number of hydrogen-bond acceptors (Lipinski definition) is 2. The first-order valence-electron chi connectivity index (χ1n) is 5.96. The fraction of sp³-hybridized carbons (Fsp3) is 0.500. The van der Waals surface area contributed by atoms with Gasteiger partial charge in [0.05, 0.1) is 0 Å². The molecule has 0 amide bonds. The summed E-state index contributed by atoms with van der Waals surface area (Å²) in [5.41, 5.74) is 2.37. The Morgan fingerprint density at radius 1 is 1.50 bits per heavy atom. The molecular formula is C14H19NO. The van der Waals surface area contributed by atoms with Crippen LogP contribution in [0.1, 0.15) is 18.1 Å². The van der Waals surface area contributed by atoms with E-state index in [2.05, 4.69) is 31.3 Å². The molecule has 2 heteroatoms. The highest BCUT2D eigenvalue weighted by atomic mass is 16.1. The molecule has 1 fully saturated rings. The summed E-state index contributed by atoms with van der Waals surface area (Å²) in [7, 11) is 0. The molecule has 1 atom stereocenters. The lowest BCUT2D eigenvalue weighted by atomic mass is 9.84. The summed E-state index contributed by atoms with van der Waals surface area (Å²) in [4.78, 5) is 12.0. The highest BCUT2D eigenvalue weighted by Gasteiger charge is 2.28. The average Bonchev–Trinajstić information content (AvgIpc) is 2.14. The summed E-state index contributed by atoms with van der Waals surface area (Å²) < 4.78 is 0. The first-order valence-corrected chi connectivity index (χ1v) is 5.96. The van der Waals surface area contributed by atoms with Crippen molar-refractivity contribution in [2.45, 2.75) is 20.3 Å². The minimum absolute atomic E-state index is 0.196. The Hall–Kier alpha value is -1.15. The van der Waals surface area contributed by atoms with Gasteiger partial charge in [-0.1, -0.05) is 36.8 Å². The van der Waals surface area contributed by atoms with E-state index in [1.807, 2.05) is 12.1 Å². The van der Waals surface area contributed by atoms with E-state index in [4.69, 9.17) is 0 Å². The molecule has 1 aromatic carbocycles. The quantitative estimate of drug-likeness (QED) is 0.835. The minimum Gasteiger partial charge on any atom is -0.316 e. The third-order valence-electron chi connectivity index (χ3n) is 3.49. The fourth-order valence-electron chi connectivity index (χ4n) is 2.11. The Kier molecular flexibility index (Phi) is 3.39. The molecule has 0 saturated carbocycles. The molecule has 1 aliphatic heterocycles. The third-order valence-corrected chi connectivity index (χ3v) is 3.49. The number of nitrogens with one attached hydrogen (secondary N) is 1. The molecule has 16 heavy (non-hydrogen) atoms. The number of Topliss-reactive ketones (excluding diaryl/α,β-unsaturated/α-hetero) is 1. The summed E-state index contributed by atoms with van der Waals surface area (Å²) >= 11 is 0. The lowest BCUT2D eigenvalue weighted by Gasteiger charge is -2.31. The van der Waals surface area contributed by atoms with Crippen LogP contribution in [0.2, 0.25) is 0 Å². The van der Waals surface area contributed by atoms with Crippen molar-refractivity contribution < 1.29 is 4.79 Å². The monoisotopic (exact) mass is 217 g/mol. The van der Waals surface area contributed by atoms with Gasteiger partial charge in [-0.05, 0) is 31.5 Å². The zero-order valence-electron chi connectivity index (χ0n) is 9.99. The highest BCUT2D eigenvalue weighted by molar-refractivity contribution is 5.83. The summed E-state index contributed by atoms with van der Waals surface area (Å²) in [6.07, 6.45) is 0.583. The maximum absolute atomic E-state index is 12.0. The molecule has 0 aromatic heterocycles. The van der Waals surface area contributed by atoms with Gasteiger partial charge >= 0.3 is 0 Å². The first kappa shape index (κ1) is 11.3. The molecule has 1 heterocycles. The lowest BCUT2D eigenvalue weighted by molar-refractivity contribution is -0.123. The second-order valence-electron chi connectivity index (χ2n) is 4.84. The number of ketones is 1. The predicted octanol–water partition coefficient (Wildman–Crippen LogP) is 1.96. The Morgan fingerprint density at radius 3 is 2.81 bits per heavy atom. The topological polar surface area (TPSA) is 29.1 Å². The molecule has 86 valence electrons. The number of rotatable bonds is 4. The van der Waals surface area contributed by atoms with Crippen LogP contribution < -0.4 is 5.32 Å². The lowest BCUT2D eigenvalue weighted by Crippen LogP contribution is -2.47. The van der Waals surface area contributed by atoms with Crippen LogP contribution in [0.5, 0.6) is 0 Å². The normalized spacial score (nSPS) is 17.9. The van der Waals surface area contributed by atoms with Crippen molar-refractivity contribution in [2.75, 3.05) is 13.1 Å². The van der Waals surface area contributed by atoms with Crippen LogP contribution >= 0.6 is 0 Å². The Bertz CT molecular complexity index is 382. The Labute approximate surface area is 97.1 Å². The molecule has 2 nitrogen and oxygen atoms in total. The van der Waals surface area contributed by atoms with Gasteiger partial charge in [-0.15, -0.1) is 0 Å². The smallest absolute Gasteiger partial charge is 0.140 e. The molecule has 0 radical (unpaired) electrons. The van der Waals surface area contributed by atoms with Gasteiger partial charge in [0.1, 0.15) is 5.78 Å². The maximum atomic E-state index is 12.0. The van der Waals surface area contributed by atoms with Gasteiger partial charge < -0.3 is 5.32 Å². The van der Waals surface area contributed by atoms with Crippen molar-refractivity contribution in [1.82, 2.24) is 5.32 Å². The Balaban J connectivity index is 1.96. The minimum atomic E-state index is 0.196. The van der Waals surface area contributed by atoms with Crippen LogP contribution in [0, 0.1) is 18.8 Å². The number of carbonyl (C=O) groups excluding carboxylic acids is 1. The number of hydrogen-bond donors (Lipinski definition) is 1. The number of benzene rings is 1. The van der Waals surface area contributed by atoms with Crippen LogP contribution in [-0.2, 0) is 11.2 Å². The third kappa shape index (κ3) is 2.50. The Morgan fingerprint density at radius 2 is 2.25 bits per heavy atom. The summed E-state index contributed by atoms with van der Waals surface area (Å²) in [5.74, 6) is 1.12. The molecule has 2 rings (SSSR count). The number of carbonyl (C=O) groups is 1. The fourth-order valence-corrected chi connectivity index (χ4v) is 2.11. The van der Waals surface area contributed by atoms with Crippen molar-refractivity contribution >= 4 is 5.78 Å². The largest absolute Gasteiger partial charge is 0.316 e. The van der Waals surface area contributed by atoms with Gasteiger partial charge in [-0.3, -0.25) is 4.79 Å². The van der Waals surface area contributed by atoms with Gasteiger partial charge in [-0.2, -0.15) is 0 Å². The molecule has 0 spiro atoms. The van der Waals surface area contributed by atoms with E-state index in [0.717, 1.165) is 18.7 Å². The van der Waals surface area contributed by atoms with Gasteiger partial charge in [0.2, 0.25) is 0 Å². The van der Waals surface area contributed by atoms with Crippen LogP contribution in [0.25, 0.3) is 0 Å². The first-order chi connectivity index (χ1) is 7.66. The maximum Gasteiger partial charge on any atom is 0.140 e. The van der Waals surface area contributed by atoms with E-state index in [1.165, 1.54) is 5.56 Å². The van der Waals surface area contributed by atoms with Crippen LogP contribution in [0.3, 0.4) is 0 Å². The van der Waals surface area contributed by atoms with Gasteiger partial charge in [0.15, 0.2) is 0 Å². The summed E-state index contributed by atoms with van der Waals surface area (Å²) in [6, 6.07) is 8.22. The zero-order valence-corrected chi connectivity index (χ0v) is 9.99. The molecule has 1 saturated heterocycles. The van der Waals surface area contributed by atoms with Crippen molar-refractivity contribution in [3.63, 3.8) is 0 Å². The molecule has 1 aliphatic rings. The second kappa shape index (κ2) is 4.79. The van der Waals surface area contributed by atoms with E-state index in [1.54, 1.807) is 0 Å². The molecule has 0 bridgehead atoms. The van der Waals surface area contributed by atoms with Crippen LogP contribution in [-0.4, -0.2) is 18.9 Å². The van der Waals surface area contributed by atoms with E-state index in [0.29, 0.717) is 18.1 Å². The molecular weight excluding hydrogens is 198 g/mol. The van der Waals surface area contributed by atoms with E-state index in [-0.39, 0.29) is 5.92 Å². The molecule has 0 aliphatic carbocycles. The average molecular weight is 217 g/mol. The van der Waals surface area contributed by atoms with Crippen molar-refractivity contribution in [3.05, 3.63) is 35.4 Å².